The van der Waals surface area contributed by atoms with Gasteiger partial charge in [-0.1, -0.05) is 18.5 Å². The molecule has 7 heteroatoms. The molecule has 0 aliphatic rings. The lowest BCUT2D eigenvalue weighted by Crippen LogP contribution is -2.33. The number of nitrogens with two attached hydrogens (primary N) is 1. The van der Waals surface area contributed by atoms with Gasteiger partial charge in [0.25, 0.3) is 0 Å². The number of primary amides is 1. The van der Waals surface area contributed by atoms with Crippen molar-refractivity contribution in [1.82, 2.24) is 15.3 Å². The molecular weight excluding hydrogens is 242 g/mol. The number of aromatic nitrogens is 2. The van der Waals surface area contributed by atoms with Gasteiger partial charge in [-0.3, -0.25) is 0 Å². The van der Waals surface area contributed by atoms with Crippen LogP contribution in [-0.2, 0) is 6.42 Å². The summed E-state index contributed by atoms with van der Waals surface area (Å²) in [5, 5.41) is 6.00. The summed E-state index contributed by atoms with van der Waals surface area (Å²) in [5.74, 6) is 1.37. The van der Waals surface area contributed by atoms with Crippen molar-refractivity contribution in [3.63, 3.8) is 0 Å². The molecule has 2 amide bonds. The number of nitrogens with zero attached hydrogens (tertiary/aromatic N) is 2. The van der Waals surface area contributed by atoms with Crippen molar-refractivity contribution < 1.29 is 4.79 Å². The van der Waals surface area contributed by atoms with E-state index in [9.17, 15) is 4.79 Å². The van der Waals surface area contributed by atoms with Gasteiger partial charge in [0, 0.05) is 25.1 Å². The Morgan fingerprint density at radius 2 is 2.12 bits per heavy atom. The smallest absolute Gasteiger partial charge is 0.312 e. The molecule has 0 saturated heterocycles. The van der Waals surface area contributed by atoms with Crippen LogP contribution in [0.15, 0.2) is 0 Å². The predicted octanol–water partition coefficient (Wildman–Crippen LogP) is 1.08. The number of hydrogen-bond acceptors (Lipinski definition) is 4. The Labute approximate surface area is 105 Å². The van der Waals surface area contributed by atoms with Gasteiger partial charge in [0.2, 0.25) is 0 Å². The molecule has 0 saturated carbocycles. The van der Waals surface area contributed by atoms with Gasteiger partial charge in [0.05, 0.1) is 0 Å². The zero-order chi connectivity index (χ0) is 12.8. The second kappa shape index (κ2) is 6.24. The van der Waals surface area contributed by atoms with E-state index in [2.05, 4.69) is 20.6 Å². The van der Waals surface area contributed by atoms with Gasteiger partial charge in [0.1, 0.15) is 16.8 Å². The highest BCUT2D eigenvalue weighted by Gasteiger charge is 2.07. The summed E-state index contributed by atoms with van der Waals surface area (Å²) in [6, 6.07) is -0.543. The van der Waals surface area contributed by atoms with Crippen LogP contribution in [0.4, 0.5) is 10.6 Å². The van der Waals surface area contributed by atoms with E-state index in [1.54, 1.807) is 0 Å². The van der Waals surface area contributed by atoms with Crippen molar-refractivity contribution >= 4 is 23.4 Å². The molecule has 0 aliphatic carbocycles. The minimum Gasteiger partial charge on any atom is -0.368 e. The van der Waals surface area contributed by atoms with Gasteiger partial charge < -0.3 is 16.4 Å². The number of amides is 2. The van der Waals surface area contributed by atoms with Crippen molar-refractivity contribution in [2.24, 2.45) is 5.73 Å². The highest BCUT2D eigenvalue weighted by molar-refractivity contribution is 6.30. The largest absolute Gasteiger partial charge is 0.368 e. The number of aryl methyl sites for hydroxylation is 1. The molecule has 0 radical (unpaired) electrons. The van der Waals surface area contributed by atoms with E-state index >= 15 is 0 Å². The van der Waals surface area contributed by atoms with Crippen LogP contribution in [0.2, 0.25) is 5.15 Å². The standard InChI is InChI=1S/C10H16ClN5O/c1-3-7-15-8(11)6(2)9(16-7)13-4-5-14-10(12)17/h3-5H2,1-2H3,(H3,12,14,17)(H,13,15,16). The highest BCUT2D eigenvalue weighted by atomic mass is 35.5. The van der Waals surface area contributed by atoms with Crippen LogP contribution in [0.3, 0.4) is 0 Å². The van der Waals surface area contributed by atoms with Crippen LogP contribution in [0.25, 0.3) is 0 Å². The van der Waals surface area contributed by atoms with E-state index in [0.717, 1.165) is 5.56 Å². The fourth-order valence-electron chi connectivity index (χ4n) is 1.23. The summed E-state index contributed by atoms with van der Waals surface area (Å²) in [4.78, 5) is 18.9. The Morgan fingerprint density at radius 1 is 1.41 bits per heavy atom. The summed E-state index contributed by atoms with van der Waals surface area (Å²) >= 11 is 5.98. The Bertz CT molecular complexity index is 410. The fourth-order valence-corrected chi connectivity index (χ4v) is 1.42. The number of carbonyl (C=O) groups excluding carboxylic acids is 1. The van der Waals surface area contributed by atoms with Crippen LogP contribution < -0.4 is 16.4 Å². The number of hydrogen-bond donors (Lipinski definition) is 3. The topological polar surface area (TPSA) is 92.9 Å². The molecule has 94 valence electrons. The SMILES string of the molecule is CCc1nc(Cl)c(C)c(NCCNC(N)=O)n1. The molecule has 17 heavy (non-hydrogen) atoms. The van der Waals surface area contributed by atoms with E-state index in [0.29, 0.717) is 36.3 Å². The number of halogens is 1. The molecule has 0 unspecified atom stereocenters. The Morgan fingerprint density at radius 3 is 2.71 bits per heavy atom. The maximum absolute atomic E-state index is 10.5. The molecule has 0 bridgehead atoms. The summed E-state index contributed by atoms with van der Waals surface area (Å²) in [7, 11) is 0. The number of anilines is 1. The Balaban J connectivity index is 2.63. The van der Waals surface area contributed by atoms with Crippen LogP contribution in [-0.4, -0.2) is 29.1 Å². The van der Waals surface area contributed by atoms with Crippen molar-refractivity contribution in [2.45, 2.75) is 20.3 Å². The van der Waals surface area contributed by atoms with E-state index in [1.165, 1.54) is 0 Å². The Kier molecular flexibility index (Phi) is 4.96. The number of urea groups is 1. The minimum absolute atomic E-state index is 0.428. The lowest BCUT2D eigenvalue weighted by atomic mass is 10.3. The van der Waals surface area contributed by atoms with Gasteiger partial charge in [-0.05, 0) is 6.92 Å². The van der Waals surface area contributed by atoms with Crippen molar-refractivity contribution in [3.8, 4) is 0 Å². The average Bonchev–Trinajstić information content (AvgIpc) is 2.29. The van der Waals surface area contributed by atoms with E-state index in [1.807, 2.05) is 13.8 Å². The zero-order valence-corrected chi connectivity index (χ0v) is 10.6. The zero-order valence-electron chi connectivity index (χ0n) is 9.88. The number of rotatable bonds is 5. The fraction of sp³-hybridized carbons (Fsp3) is 0.500. The van der Waals surface area contributed by atoms with Crippen LogP contribution in [0.5, 0.6) is 0 Å². The summed E-state index contributed by atoms with van der Waals surface area (Å²) in [6.45, 7) is 4.75. The molecule has 0 aromatic carbocycles. The van der Waals surface area contributed by atoms with E-state index < -0.39 is 6.03 Å². The van der Waals surface area contributed by atoms with Gasteiger partial charge in [-0.25, -0.2) is 14.8 Å². The first-order chi connectivity index (χ1) is 8.04. The third-order valence-corrected chi connectivity index (χ3v) is 2.53. The molecule has 4 N–H and O–H groups in total. The first-order valence-corrected chi connectivity index (χ1v) is 5.72. The minimum atomic E-state index is -0.543. The maximum Gasteiger partial charge on any atom is 0.312 e. The third-order valence-electron chi connectivity index (χ3n) is 2.17. The normalized spacial score (nSPS) is 10.1. The van der Waals surface area contributed by atoms with Gasteiger partial charge in [-0.2, -0.15) is 0 Å². The number of nitrogens with one attached hydrogen (secondary N) is 2. The van der Waals surface area contributed by atoms with Crippen molar-refractivity contribution in [1.29, 1.82) is 0 Å². The number of carbonyl (C=O) groups is 1. The van der Waals surface area contributed by atoms with E-state index in [-0.39, 0.29) is 0 Å². The quantitative estimate of drug-likeness (QED) is 0.544. The van der Waals surface area contributed by atoms with Crippen LogP contribution >= 0.6 is 11.6 Å². The highest BCUT2D eigenvalue weighted by Crippen LogP contribution is 2.19. The lowest BCUT2D eigenvalue weighted by Gasteiger charge is -2.10. The van der Waals surface area contributed by atoms with Gasteiger partial charge in [-0.15, -0.1) is 0 Å². The molecule has 1 aromatic heterocycles. The molecule has 1 rings (SSSR count). The second-order valence-electron chi connectivity index (χ2n) is 3.48. The summed E-state index contributed by atoms with van der Waals surface area (Å²) in [5.41, 5.74) is 5.74. The van der Waals surface area contributed by atoms with Crippen LogP contribution in [0.1, 0.15) is 18.3 Å². The maximum atomic E-state index is 10.5. The molecule has 1 heterocycles. The van der Waals surface area contributed by atoms with E-state index in [4.69, 9.17) is 17.3 Å². The average molecular weight is 258 g/mol. The lowest BCUT2D eigenvalue weighted by molar-refractivity contribution is 0.249. The first-order valence-electron chi connectivity index (χ1n) is 5.34. The first kappa shape index (κ1) is 13.5. The summed E-state index contributed by atoms with van der Waals surface area (Å²) in [6.07, 6.45) is 0.716. The third kappa shape index (κ3) is 4.07. The van der Waals surface area contributed by atoms with Crippen molar-refractivity contribution in [3.05, 3.63) is 16.5 Å². The molecule has 6 nitrogen and oxygen atoms in total. The van der Waals surface area contributed by atoms with Crippen molar-refractivity contribution in [2.75, 3.05) is 18.4 Å². The van der Waals surface area contributed by atoms with Crippen LogP contribution in [0, 0.1) is 6.92 Å². The Hall–Kier alpha value is -1.56. The molecule has 0 spiro atoms. The molecule has 0 fully saturated rings. The predicted molar refractivity (Wildman–Crippen MR) is 67.2 cm³/mol. The molecule has 1 aromatic rings. The molecular formula is C10H16ClN5O. The van der Waals surface area contributed by atoms with Gasteiger partial charge >= 0.3 is 6.03 Å². The summed E-state index contributed by atoms with van der Waals surface area (Å²) < 4.78 is 0. The second-order valence-corrected chi connectivity index (χ2v) is 3.83. The molecule has 0 atom stereocenters. The molecule has 0 aliphatic heterocycles. The van der Waals surface area contributed by atoms with Gasteiger partial charge in [0.15, 0.2) is 0 Å². The monoisotopic (exact) mass is 257 g/mol.